The molecule has 2 aliphatic rings. The summed E-state index contributed by atoms with van der Waals surface area (Å²) < 4.78 is 12.1. The summed E-state index contributed by atoms with van der Waals surface area (Å²) in [6.45, 7) is 1.15. The van der Waals surface area contributed by atoms with Crippen LogP contribution in [0, 0.1) is 0 Å². The van der Waals surface area contributed by atoms with E-state index in [0.717, 1.165) is 55.2 Å². The van der Waals surface area contributed by atoms with Crippen LogP contribution < -0.4 is 15.4 Å². The molecule has 2 heterocycles. The van der Waals surface area contributed by atoms with E-state index in [1.807, 2.05) is 12.1 Å². The average molecular weight is 493 g/mol. The fourth-order valence-corrected chi connectivity index (χ4v) is 5.40. The highest BCUT2D eigenvalue weighted by atomic mass is 79.9. The normalized spacial score (nSPS) is 18.0. The Hall–Kier alpha value is -1.90. The fraction of sp³-hybridized carbons (Fsp3) is 0.455. The van der Waals surface area contributed by atoms with Gasteiger partial charge in [-0.1, -0.05) is 15.9 Å². The molecule has 2 amide bonds. The molecule has 1 aromatic heterocycles. The Kier molecular flexibility index (Phi) is 7.07. The summed E-state index contributed by atoms with van der Waals surface area (Å²) in [5.74, 6) is 0.215. The highest BCUT2D eigenvalue weighted by Crippen LogP contribution is 2.38. The molecule has 1 saturated heterocycles. The molecule has 1 aliphatic carbocycles. The van der Waals surface area contributed by atoms with Crippen LogP contribution in [0.2, 0.25) is 0 Å². The number of nitrogens with one attached hydrogen (secondary N) is 2. The number of hydrogen-bond acceptors (Lipinski definition) is 5. The van der Waals surface area contributed by atoms with E-state index in [-0.39, 0.29) is 24.5 Å². The molecule has 1 aliphatic heterocycles. The number of ether oxygens (including phenoxy) is 2. The van der Waals surface area contributed by atoms with Crippen LogP contribution in [0.3, 0.4) is 0 Å². The van der Waals surface area contributed by atoms with Crippen LogP contribution in [0.1, 0.15) is 46.5 Å². The quantitative estimate of drug-likeness (QED) is 0.603. The summed E-state index contributed by atoms with van der Waals surface area (Å²) in [4.78, 5) is 26.7. The Morgan fingerprint density at radius 2 is 1.97 bits per heavy atom. The van der Waals surface area contributed by atoms with Gasteiger partial charge in [-0.2, -0.15) is 0 Å². The lowest BCUT2D eigenvalue weighted by Gasteiger charge is -2.15. The monoisotopic (exact) mass is 492 g/mol. The zero-order chi connectivity index (χ0) is 20.9. The van der Waals surface area contributed by atoms with E-state index >= 15 is 0 Å². The molecule has 0 bridgehead atoms. The van der Waals surface area contributed by atoms with Gasteiger partial charge in [-0.15, -0.1) is 11.3 Å². The first-order valence-electron chi connectivity index (χ1n) is 10.3. The van der Waals surface area contributed by atoms with Crippen molar-refractivity contribution < 1.29 is 19.1 Å². The maximum absolute atomic E-state index is 13.0. The van der Waals surface area contributed by atoms with Gasteiger partial charge in [-0.3, -0.25) is 9.59 Å². The van der Waals surface area contributed by atoms with Gasteiger partial charge < -0.3 is 20.1 Å². The smallest absolute Gasteiger partial charge is 0.262 e. The van der Waals surface area contributed by atoms with E-state index in [4.69, 9.17) is 9.47 Å². The van der Waals surface area contributed by atoms with Crippen molar-refractivity contribution in [2.24, 2.45) is 0 Å². The fourth-order valence-electron chi connectivity index (χ4n) is 3.84. The van der Waals surface area contributed by atoms with E-state index in [1.165, 1.54) is 16.2 Å². The predicted octanol–water partition coefficient (Wildman–Crippen LogP) is 4.32. The molecular weight excluding hydrogens is 468 g/mol. The number of aryl methyl sites for hydroxylation is 1. The number of thiophene rings is 1. The van der Waals surface area contributed by atoms with Crippen LogP contribution in [0.5, 0.6) is 5.75 Å². The summed E-state index contributed by atoms with van der Waals surface area (Å²) in [6.07, 6.45) is 6.10. The van der Waals surface area contributed by atoms with E-state index in [9.17, 15) is 9.59 Å². The van der Waals surface area contributed by atoms with Gasteiger partial charge in [0.2, 0.25) is 0 Å². The van der Waals surface area contributed by atoms with Gasteiger partial charge in [0.1, 0.15) is 10.8 Å². The zero-order valence-corrected chi connectivity index (χ0v) is 19.1. The molecule has 0 spiro atoms. The van der Waals surface area contributed by atoms with Gasteiger partial charge in [0.25, 0.3) is 11.8 Å². The lowest BCUT2D eigenvalue weighted by atomic mass is 9.95. The van der Waals surface area contributed by atoms with Crippen molar-refractivity contribution in [3.8, 4) is 5.75 Å². The maximum atomic E-state index is 13.0. The van der Waals surface area contributed by atoms with Crippen molar-refractivity contribution >= 4 is 44.1 Å². The lowest BCUT2D eigenvalue weighted by Crippen LogP contribution is -2.33. The van der Waals surface area contributed by atoms with E-state index in [0.29, 0.717) is 22.9 Å². The third-order valence-corrected chi connectivity index (χ3v) is 7.09. The van der Waals surface area contributed by atoms with Crippen molar-refractivity contribution in [2.45, 2.75) is 44.6 Å². The molecule has 2 N–H and O–H groups in total. The largest absolute Gasteiger partial charge is 0.484 e. The summed E-state index contributed by atoms with van der Waals surface area (Å²) in [5, 5.41) is 6.54. The van der Waals surface area contributed by atoms with Gasteiger partial charge in [0.05, 0.1) is 11.7 Å². The minimum Gasteiger partial charge on any atom is -0.484 e. The highest BCUT2D eigenvalue weighted by molar-refractivity contribution is 9.10. The molecule has 2 aromatic rings. The zero-order valence-electron chi connectivity index (χ0n) is 16.7. The standard InChI is InChI=1S/C22H25BrN2O4S/c23-14-7-9-15(10-8-14)29-13-19(26)25-22-20(17-5-1-2-6-18(17)30-22)21(27)24-12-16-4-3-11-28-16/h7-10,16H,1-6,11-13H2,(H,24,27)(H,25,26). The van der Waals surface area contributed by atoms with Crippen molar-refractivity contribution in [3.05, 3.63) is 44.7 Å². The molecule has 1 atom stereocenters. The Morgan fingerprint density at radius 1 is 1.17 bits per heavy atom. The third kappa shape index (κ3) is 5.22. The number of carbonyl (C=O) groups is 2. The van der Waals surface area contributed by atoms with E-state index in [1.54, 1.807) is 12.1 Å². The van der Waals surface area contributed by atoms with Gasteiger partial charge in [-0.05, 0) is 68.4 Å². The van der Waals surface area contributed by atoms with Gasteiger partial charge in [-0.25, -0.2) is 0 Å². The van der Waals surface area contributed by atoms with Gasteiger partial charge in [0, 0.05) is 22.5 Å². The molecule has 8 heteroatoms. The molecule has 1 aromatic carbocycles. The molecule has 30 heavy (non-hydrogen) atoms. The van der Waals surface area contributed by atoms with Crippen LogP contribution in [-0.4, -0.2) is 37.7 Å². The molecular formula is C22H25BrN2O4S. The number of halogens is 1. The Labute approximate surface area is 188 Å². The predicted molar refractivity (Wildman–Crippen MR) is 121 cm³/mol. The summed E-state index contributed by atoms with van der Waals surface area (Å²) >= 11 is 4.89. The van der Waals surface area contributed by atoms with Gasteiger partial charge in [0.15, 0.2) is 6.61 Å². The lowest BCUT2D eigenvalue weighted by molar-refractivity contribution is -0.118. The number of fused-ring (bicyclic) bond motifs is 1. The maximum Gasteiger partial charge on any atom is 0.262 e. The third-order valence-electron chi connectivity index (χ3n) is 5.35. The molecule has 6 nitrogen and oxygen atoms in total. The Morgan fingerprint density at radius 3 is 2.73 bits per heavy atom. The second-order valence-electron chi connectivity index (χ2n) is 7.55. The van der Waals surface area contributed by atoms with Gasteiger partial charge >= 0.3 is 0 Å². The molecule has 1 fully saturated rings. The highest BCUT2D eigenvalue weighted by Gasteiger charge is 2.27. The average Bonchev–Trinajstić information content (AvgIpc) is 3.39. The number of anilines is 1. The Bertz CT molecular complexity index is 907. The molecule has 1 unspecified atom stereocenters. The van der Waals surface area contributed by atoms with Crippen LogP contribution in [0.4, 0.5) is 5.00 Å². The summed E-state index contributed by atoms with van der Waals surface area (Å²) in [5.41, 5.74) is 1.70. The molecule has 4 rings (SSSR count). The molecule has 0 saturated carbocycles. The Balaban J connectivity index is 1.43. The first kappa shape index (κ1) is 21.3. The first-order chi connectivity index (χ1) is 14.6. The SMILES string of the molecule is O=C(COc1ccc(Br)cc1)Nc1sc2c(c1C(=O)NCC1CCCO1)CCCC2. The van der Waals surface area contributed by atoms with Crippen molar-refractivity contribution in [2.75, 3.05) is 25.1 Å². The van der Waals surface area contributed by atoms with Crippen LogP contribution in [0.25, 0.3) is 0 Å². The molecule has 0 radical (unpaired) electrons. The van der Waals surface area contributed by atoms with Crippen molar-refractivity contribution in [3.63, 3.8) is 0 Å². The van der Waals surface area contributed by atoms with Crippen LogP contribution in [0.15, 0.2) is 28.7 Å². The van der Waals surface area contributed by atoms with E-state index in [2.05, 4.69) is 26.6 Å². The first-order valence-corrected chi connectivity index (χ1v) is 11.9. The second-order valence-corrected chi connectivity index (χ2v) is 9.57. The molecule has 160 valence electrons. The summed E-state index contributed by atoms with van der Waals surface area (Å²) in [6, 6.07) is 7.31. The summed E-state index contributed by atoms with van der Waals surface area (Å²) in [7, 11) is 0. The van der Waals surface area contributed by atoms with Crippen molar-refractivity contribution in [1.82, 2.24) is 5.32 Å². The number of benzene rings is 1. The topological polar surface area (TPSA) is 76.7 Å². The number of carbonyl (C=O) groups excluding carboxylic acids is 2. The van der Waals surface area contributed by atoms with Crippen LogP contribution in [-0.2, 0) is 22.4 Å². The second kappa shape index (κ2) is 9.94. The van der Waals surface area contributed by atoms with Crippen molar-refractivity contribution in [1.29, 1.82) is 0 Å². The minimum atomic E-state index is -0.273. The minimum absolute atomic E-state index is 0.0840. The van der Waals surface area contributed by atoms with Crippen LogP contribution >= 0.6 is 27.3 Å². The van der Waals surface area contributed by atoms with E-state index < -0.39 is 0 Å². The number of rotatable bonds is 7. The number of hydrogen-bond donors (Lipinski definition) is 2. The number of amides is 2.